The summed E-state index contributed by atoms with van der Waals surface area (Å²) in [6.07, 6.45) is 0. The zero-order valence-corrected chi connectivity index (χ0v) is 18.7. The summed E-state index contributed by atoms with van der Waals surface area (Å²) in [5.41, 5.74) is 0.555. The molecular weight excluding hydrogens is 447 g/mol. The van der Waals surface area contributed by atoms with Crippen LogP contribution in [0.25, 0.3) is 0 Å². The Morgan fingerprint density at radius 2 is 1.67 bits per heavy atom. The number of fused-ring (bicyclic) bond motifs is 1. The minimum Gasteiger partial charge on any atom is -0.486 e. The molecule has 1 aliphatic rings. The smallest absolute Gasteiger partial charge is 0.264 e. The van der Waals surface area contributed by atoms with Gasteiger partial charge in [0, 0.05) is 0 Å². The van der Waals surface area contributed by atoms with E-state index in [1.807, 2.05) is 0 Å². The molecule has 33 heavy (non-hydrogen) atoms. The molecule has 0 saturated heterocycles. The van der Waals surface area contributed by atoms with Crippen LogP contribution in [0.15, 0.2) is 77.7 Å². The fraction of sp³-hybridized carbons (Fsp3) is 0.208. The van der Waals surface area contributed by atoms with E-state index in [9.17, 15) is 17.6 Å². The maximum Gasteiger partial charge on any atom is 0.264 e. The van der Waals surface area contributed by atoms with Crippen LogP contribution in [0.3, 0.4) is 0 Å². The molecule has 172 valence electrons. The van der Waals surface area contributed by atoms with Crippen LogP contribution >= 0.6 is 0 Å². The van der Waals surface area contributed by atoms with Gasteiger partial charge in [-0.25, -0.2) is 12.8 Å². The molecule has 0 saturated carbocycles. The normalized spacial score (nSPS) is 13.8. The number of anilines is 1. The van der Waals surface area contributed by atoms with Gasteiger partial charge in [0.05, 0.1) is 16.6 Å². The van der Waals surface area contributed by atoms with Crippen molar-refractivity contribution >= 4 is 21.6 Å². The molecule has 4 rings (SSSR count). The topological polar surface area (TPSA) is 84.9 Å². The molecule has 0 radical (unpaired) electrons. The molecule has 9 heteroatoms. The monoisotopic (exact) mass is 470 g/mol. The van der Waals surface area contributed by atoms with Crippen LogP contribution in [0.2, 0.25) is 0 Å². The summed E-state index contributed by atoms with van der Waals surface area (Å²) in [5, 5.41) is 2.78. The van der Waals surface area contributed by atoms with Crippen LogP contribution in [0.4, 0.5) is 10.1 Å². The predicted octanol–water partition coefficient (Wildman–Crippen LogP) is 3.67. The third kappa shape index (κ3) is 4.93. The summed E-state index contributed by atoms with van der Waals surface area (Å²) in [4.78, 5) is 12.9. The number of halogens is 1. The molecular formula is C24H23FN2O5S. The summed E-state index contributed by atoms with van der Waals surface area (Å²) < 4.78 is 53.0. The first-order chi connectivity index (χ1) is 15.9. The number of carbonyl (C=O) groups is 1. The highest BCUT2D eigenvalue weighted by molar-refractivity contribution is 7.92. The van der Waals surface area contributed by atoms with Gasteiger partial charge in [-0.15, -0.1) is 0 Å². The van der Waals surface area contributed by atoms with E-state index in [-0.39, 0.29) is 10.6 Å². The van der Waals surface area contributed by atoms with Crippen LogP contribution in [0.5, 0.6) is 11.5 Å². The van der Waals surface area contributed by atoms with Crippen LogP contribution in [-0.4, -0.2) is 34.1 Å². The van der Waals surface area contributed by atoms with Gasteiger partial charge in [0.15, 0.2) is 11.5 Å². The lowest BCUT2D eigenvalue weighted by Crippen LogP contribution is -2.42. The van der Waals surface area contributed by atoms with Crippen molar-refractivity contribution in [3.63, 3.8) is 0 Å². The molecule has 0 bridgehead atoms. The lowest BCUT2D eigenvalue weighted by atomic mass is 10.1. The number of hydrogen-bond donors (Lipinski definition) is 1. The molecule has 0 fully saturated rings. The standard InChI is InChI=1S/C24H23FN2O5S/c1-17(18-11-12-22-23(15-18)32-14-13-31-22)26-24(28)16-27(21-10-6-5-9-20(21)25)33(29,30)19-7-3-2-4-8-19/h2-12,15,17H,13-14,16H2,1H3,(H,26,28)/t17-/m1/s1. The number of benzene rings is 3. The molecule has 1 N–H and O–H groups in total. The summed E-state index contributed by atoms with van der Waals surface area (Å²) >= 11 is 0. The Labute approximate surface area is 191 Å². The van der Waals surface area contributed by atoms with Crippen LogP contribution < -0.4 is 19.1 Å². The third-order valence-electron chi connectivity index (χ3n) is 5.18. The minimum absolute atomic E-state index is 0.0408. The largest absolute Gasteiger partial charge is 0.486 e. The molecule has 1 amide bonds. The summed E-state index contributed by atoms with van der Waals surface area (Å²) in [6.45, 7) is 2.09. The quantitative estimate of drug-likeness (QED) is 0.570. The van der Waals surface area contributed by atoms with E-state index in [1.54, 1.807) is 43.3 Å². The SMILES string of the molecule is C[C@@H](NC(=O)CN(c1ccccc1F)S(=O)(=O)c1ccccc1)c1ccc2c(c1)OCCO2. The molecule has 0 spiro atoms. The number of nitrogens with zero attached hydrogens (tertiary/aromatic N) is 1. The second-order valence-electron chi connectivity index (χ2n) is 7.47. The number of sulfonamides is 1. The molecule has 1 aliphatic heterocycles. The number of hydrogen-bond acceptors (Lipinski definition) is 5. The van der Waals surface area contributed by atoms with E-state index in [4.69, 9.17) is 9.47 Å². The van der Waals surface area contributed by atoms with E-state index in [0.29, 0.717) is 24.7 Å². The van der Waals surface area contributed by atoms with Crippen LogP contribution in [0, 0.1) is 5.82 Å². The molecule has 7 nitrogen and oxygen atoms in total. The van der Waals surface area contributed by atoms with E-state index in [2.05, 4.69) is 5.32 Å². The fourth-order valence-electron chi connectivity index (χ4n) is 3.50. The molecule has 1 atom stereocenters. The number of nitrogens with one attached hydrogen (secondary N) is 1. The van der Waals surface area contributed by atoms with Crippen molar-refractivity contribution in [3.05, 3.63) is 84.2 Å². The van der Waals surface area contributed by atoms with E-state index >= 15 is 0 Å². The molecule has 0 aromatic heterocycles. The Hall–Kier alpha value is -3.59. The molecule has 0 unspecified atom stereocenters. The minimum atomic E-state index is -4.19. The number of amides is 1. The second kappa shape index (κ2) is 9.50. The van der Waals surface area contributed by atoms with Crippen molar-refractivity contribution in [2.75, 3.05) is 24.1 Å². The number of rotatable bonds is 7. The van der Waals surface area contributed by atoms with Gasteiger partial charge in [-0.1, -0.05) is 36.4 Å². The van der Waals surface area contributed by atoms with Gasteiger partial charge in [-0.05, 0) is 48.9 Å². The summed E-state index contributed by atoms with van der Waals surface area (Å²) in [5.74, 6) is -0.118. The van der Waals surface area contributed by atoms with Gasteiger partial charge in [0.1, 0.15) is 25.6 Å². The summed E-state index contributed by atoms with van der Waals surface area (Å²) in [7, 11) is -4.19. The highest BCUT2D eigenvalue weighted by Gasteiger charge is 2.29. The highest BCUT2D eigenvalue weighted by atomic mass is 32.2. The zero-order valence-electron chi connectivity index (χ0n) is 17.9. The number of para-hydroxylation sites is 1. The van der Waals surface area contributed by atoms with Gasteiger partial charge >= 0.3 is 0 Å². The zero-order chi connectivity index (χ0) is 23.4. The first-order valence-corrected chi connectivity index (χ1v) is 11.8. The van der Waals surface area contributed by atoms with E-state index in [0.717, 1.165) is 15.9 Å². The van der Waals surface area contributed by atoms with Crippen molar-refractivity contribution < 1.29 is 27.1 Å². The lowest BCUT2D eigenvalue weighted by molar-refractivity contribution is -0.120. The highest BCUT2D eigenvalue weighted by Crippen LogP contribution is 2.32. The van der Waals surface area contributed by atoms with Gasteiger partial charge in [0.25, 0.3) is 10.0 Å². The van der Waals surface area contributed by atoms with Crippen molar-refractivity contribution in [3.8, 4) is 11.5 Å². The third-order valence-corrected chi connectivity index (χ3v) is 6.96. The maximum absolute atomic E-state index is 14.6. The Morgan fingerprint density at radius 1 is 1.00 bits per heavy atom. The average Bonchev–Trinajstić information content (AvgIpc) is 2.83. The lowest BCUT2D eigenvalue weighted by Gasteiger charge is -2.26. The second-order valence-corrected chi connectivity index (χ2v) is 9.33. The van der Waals surface area contributed by atoms with Gasteiger partial charge in [0.2, 0.25) is 5.91 Å². The van der Waals surface area contributed by atoms with E-state index in [1.165, 1.54) is 30.3 Å². The Kier molecular flexibility index (Phi) is 6.50. The Bertz CT molecular complexity index is 1250. The predicted molar refractivity (Wildman–Crippen MR) is 121 cm³/mol. The first kappa shape index (κ1) is 22.6. The van der Waals surface area contributed by atoms with Crippen molar-refractivity contribution in [2.24, 2.45) is 0 Å². The fourth-order valence-corrected chi connectivity index (χ4v) is 4.95. The Morgan fingerprint density at radius 3 is 2.39 bits per heavy atom. The van der Waals surface area contributed by atoms with Gasteiger partial charge < -0.3 is 14.8 Å². The first-order valence-electron chi connectivity index (χ1n) is 10.4. The van der Waals surface area contributed by atoms with Crippen LogP contribution in [0.1, 0.15) is 18.5 Å². The van der Waals surface area contributed by atoms with Gasteiger partial charge in [-0.3, -0.25) is 9.10 Å². The van der Waals surface area contributed by atoms with Gasteiger partial charge in [-0.2, -0.15) is 0 Å². The van der Waals surface area contributed by atoms with E-state index < -0.39 is 34.3 Å². The van der Waals surface area contributed by atoms with Crippen molar-refractivity contribution in [2.45, 2.75) is 17.9 Å². The number of carbonyl (C=O) groups excluding carboxylic acids is 1. The van der Waals surface area contributed by atoms with Crippen LogP contribution in [-0.2, 0) is 14.8 Å². The Balaban J connectivity index is 1.57. The molecule has 1 heterocycles. The summed E-state index contributed by atoms with van der Waals surface area (Å²) in [6, 6.07) is 17.9. The van der Waals surface area contributed by atoms with Crippen molar-refractivity contribution in [1.82, 2.24) is 5.32 Å². The van der Waals surface area contributed by atoms with Crippen molar-refractivity contribution in [1.29, 1.82) is 0 Å². The maximum atomic E-state index is 14.6. The molecule has 0 aliphatic carbocycles. The molecule has 3 aromatic rings. The average molecular weight is 471 g/mol. The molecule has 3 aromatic carbocycles. The number of ether oxygens (including phenoxy) is 2.